The van der Waals surface area contributed by atoms with E-state index in [4.69, 9.17) is 4.98 Å². The van der Waals surface area contributed by atoms with Crippen molar-refractivity contribution in [2.45, 2.75) is 13.5 Å². The molecule has 0 amide bonds. The van der Waals surface area contributed by atoms with E-state index in [1.54, 1.807) is 12.4 Å². The van der Waals surface area contributed by atoms with Gasteiger partial charge in [-0.2, -0.15) is 0 Å². The summed E-state index contributed by atoms with van der Waals surface area (Å²) in [5, 5.41) is 12.6. The summed E-state index contributed by atoms with van der Waals surface area (Å²) in [4.78, 5) is 15.4. The van der Waals surface area contributed by atoms with Crippen LogP contribution in [0.3, 0.4) is 0 Å². The number of aromatic nitrogens is 3. The smallest absolute Gasteiger partial charge is 0.180 e. The highest BCUT2D eigenvalue weighted by molar-refractivity contribution is 5.86. The lowest BCUT2D eigenvalue weighted by atomic mass is 10.0. The highest BCUT2D eigenvalue weighted by atomic mass is 19.1. The van der Waals surface area contributed by atoms with Gasteiger partial charge in [0, 0.05) is 60.4 Å². The number of benzene rings is 2. The molecule has 0 atom stereocenters. The quantitative estimate of drug-likeness (QED) is 0.463. The number of nitrogens with zero attached hydrogens (tertiary/aromatic N) is 5. The Kier molecular flexibility index (Phi) is 5.28. The minimum atomic E-state index is -0.292. The third-order valence-electron chi connectivity index (χ3n) is 5.61. The lowest BCUT2D eigenvalue weighted by Gasteiger charge is -2.22. The molecular weight excluding hydrogens is 407 g/mol. The Morgan fingerprint density at radius 2 is 2.06 bits per heavy atom. The number of rotatable bonds is 7. The molecule has 2 aromatic carbocycles. The first kappa shape index (κ1) is 20.1. The van der Waals surface area contributed by atoms with Crippen molar-refractivity contribution in [3.8, 4) is 11.3 Å². The van der Waals surface area contributed by atoms with Crippen LogP contribution in [0.25, 0.3) is 16.9 Å². The van der Waals surface area contributed by atoms with E-state index in [1.807, 2.05) is 47.1 Å². The SMILES string of the molecule is CCN(CCO)c1ccc(Nc2nc(-c3cc(F)c4c(c3)CN=C4)cn3ccnc23)cc1. The van der Waals surface area contributed by atoms with E-state index in [9.17, 15) is 9.50 Å². The maximum Gasteiger partial charge on any atom is 0.180 e. The number of likely N-dealkylation sites (N-methyl/N-ethyl adjacent to an activating group) is 1. The van der Waals surface area contributed by atoms with Crippen molar-refractivity contribution < 1.29 is 9.50 Å². The van der Waals surface area contributed by atoms with Crippen molar-refractivity contribution in [2.75, 3.05) is 29.9 Å². The van der Waals surface area contributed by atoms with Gasteiger partial charge < -0.3 is 19.7 Å². The zero-order chi connectivity index (χ0) is 22.1. The molecule has 0 saturated carbocycles. The van der Waals surface area contributed by atoms with Gasteiger partial charge in [0.1, 0.15) is 5.82 Å². The molecule has 0 unspecified atom stereocenters. The van der Waals surface area contributed by atoms with Crippen LogP contribution in [0.5, 0.6) is 0 Å². The zero-order valence-electron chi connectivity index (χ0n) is 17.7. The molecular formula is C24H23FN6O. The van der Waals surface area contributed by atoms with Gasteiger partial charge in [-0.1, -0.05) is 0 Å². The first-order chi connectivity index (χ1) is 15.7. The third kappa shape index (κ3) is 3.69. The summed E-state index contributed by atoms with van der Waals surface area (Å²) in [5.41, 5.74) is 5.33. The average molecular weight is 430 g/mol. The van der Waals surface area contributed by atoms with Gasteiger partial charge in [0.2, 0.25) is 0 Å². The molecule has 7 nitrogen and oxygen atoms in total. The minimum absolute atomic E-state index is 0.109. The topological polar surface area (TPSA) is 78.0 Å². The average Bonchev–Trinajstić information content (AvgIpc) is 3.48. The van der Waals surface area contributed by atoms with Crippen LogP contribution in [0, 0.1) is 5.82 Å². The van der Waals surface area contributed by atoms with Crippen LogP contribution in [-0.2, 0) is 6.54 Å². The summed E-state index contributed by atoms with van der Waals surface area (Å²) in [6, 6.07) is 11.4. The molecule has 1 aliphatic rings. The molecule has 1 aliphatic heterocycles. The van der Waals surface area contributed by atoms with Crippen LogP contribution in [-0.4, -0.2) is 45.4 Å². The van der Waals surface area contributed by atoms with E-state index >= 15 is 0 Å². The number of anilines is 3. The fraction of sp³-hybridized carbons (Fsp3) is 0.208. The summed E-state index contributed by atoms with van der Waals surface area (Å²) in [6.07, 6.45) is 6.98. The molecule has 0 aliphatic carbocycles. The first-order valence-electron chi connectivity index (χ1n) is 10.6. The summed E-state index contributed by atoms with van der Waals surface area (Å²) < 4.78 is 16.4. The predicted molar refractivity (Wildman–Crippen MR) is 124 cm³/mol. The standard InChI is InChI=1S/C24H23FN6O/c1-2-30(9-10-32)19-5-3-18(4-6-19)28-23-24-27-7-8-31(24)15-22(29-23)16-11-17-13-26-14-20(17)21(25)12-16/h3-8,11-12,14-15,32H,2,9-10,13H2,1H3,(H,28,29). The summed E-state index contributed by atoms with van der Waals surface area (Å²) in [5.74, 6) is 0.292. The summed E-state index contributed by atoms with van der Waals surface area (Å²) in [7, 11) is 0. The second-order valence-electron chi connectivity index (χ2n) is 7.61. The summed E-state index contributed by atoms with van der Waals surface area (Å²) >= 11 is 0. The normalized spacial score (nSPS) is 12.3. The number of imidazole rings is 1. The van der Waals surface area contributed by atoms with Gasteiger partial charge in [-0.15, -0.1) is 0 Å². The molecule has 5 rings (SSSR count). The number of nitrogens with one attached hydrogen (secondary N) is 1. The number of hydrogen-bond acceptors (Lipinski definition) is 6. The molecule has 8 heteroatoms. The minimum Gasteiger partial charge on any atom is -0.395 e. The molecule has 0 radical (unpaired) electrons. The van der Waals surface area contributed by atoms with Gasteiger partial charge >= 0.3 is 0 Å². The van der Waals surface area contributed by atoms with Crippen LogP contribution in [0.2, 0.25) is 0 Å². The van der Waals surface area contributed by atoms with Gasteiger partial charge in [0.15, 0.2) is 11.5 Å². The molecule has 2 aromatic heterocycles. The molecule has 0 bridgehead atoms. The van der Waals surface area contributed by atoms with Gasteiger partial charge in [-0.3, -0.25) is 4.99 Å². The van der Waals surface area contributed by atoms with Gasteiger partial charge in [0.25, 0.3) is 0 Å². The maximum atomic E-state index is 14.6. The number of fused-ring (bicyclic) bond motifs is 2. The Hall–Kier alpha value is -3.78. The molecule has 2 N–H and O–H groups in total. The summed E-state index contributed by atoms with van der Waals surface area (Å²) in [6.45, 7) is 4.05. The van der Waals surface area contributed by atoms with Crippen molar-refractivity contribution in [3.63, 3.8) is 0 Å². The number of aliphatic imine (C=N–C) groups is 1. The van der Waals surface area contributed by atoms with E-state index in [1.165, 1.54) is 6.07 Å². The predicted octanol–water partition coefficient (Wildman–Crippen LogP) is 4.03. The Morgan fingerprint density at radius 1 is 1.22 bits per heavy atom. The number of hydrogen-bond donors (Lipinski definition) is 2. The molecule has 0 fully saturated rings. The Bertz CT molecular complexity index is 1300. The van der Waals surface area contributed by atoms with Crippen LogP contribution < -0.4 is 10.2 Å². The van der Waals surface area contributed by atoms with Crippen LogP contribution >= 0.6 is 0 Å². The highest BCUT2D eigenvalue weighted by Crippen LogP contribution is 2.29. The lowest BCUT2D eigenvalue weighted by Crippen LogP contribution is -2.25. The van der Waals surface area contributed by atoms with E-state index in [2.05, 4.69) is 27.1 Å². The second-order valence-corrected chi connectivity index (χ2v) is 7.61. The molecule has 162 valence electrons. The van der Waals surface area contributed by atoms with Crippen molar-refractivity contribution in [1.29, 1.82) is 0 Å². The molecule has 32 heavy (non-hydrogen) atoms. The van der Waals surface area contributed by atoms with E-state index < -0.39 is 0 Å². The fourth-order valence-corrected chi connectivity index (χ4v) is 3.97. The van der Waals surface area contributed by atoms with Gasteiger partial charge in [-0.05, 0) is 48.9 Å². The monoisotopic (exact) mass is 430 g/mol. The Morgan fingerprint density at radius 3 is 2.84 bits per heavy atom. The van der Waals surface area contributed by atoms with Crippen LogP contribution in [0.4, 0.5) is 21.6 Å². The maximum absolute atomic E-state index is 14.6. The van der Waals surface area contributed by atoms with Crippen molar-refractivity contribution in [3.05, 3.63) is 71.9 Å². The number of aliphatic hydroxyl groups is 1. The highest BCUT2D eigenvalue weighted by Gasteiger charge is 2.16. The second kappa shape index (κ2) is 8.39. The van der Waals surface area contributed by atoms with E-state index in [-0.39, 0.29) is 12.4 Å². The van der Waals surface area contributed by atoms with Crippen LogP contribution in [0.1, 0.15) is 18.1 Å². The van der Waals surface area contributed by atoms with E-state index in [0.717, 1.165) is 23.5 Å². The Labute approximate surface area is 184 Å². The zero-order valence-corrected chi connectivity index (χ0v) is 17.7. The van der Waals surface area contributed by atoms with E-state index in [0.29, 0.717) is 41.4 Å². The first-order valence-corrected chi connectivity index (χ1v) is 10.6. The lowest BCUT2D eigenvalue weighted by molar-refractivity contribution is 0.302. The molecule has 3 heterocycles. The fourth-order valence-electron chi connectivity index (χ4n) is 3.97. The van der Waals surface area contributed by atoms with Gasteiger partial charge in [0.05, 0.1) is 18.8 Å². The van der Waals surface area contributed by atoms with Crippen molar-refractivity contribution in [1.82, 2.24) is 14.4 Å². The van der Waals surface area contributed by atoms with Crippen molar-refractivity contribution >= 4 is 29.1 Å². The third-order valence-corrected chi connectivity index (χ3v) is 5.61. The molecule has 0 spiro atoms. The largest absolute Gasteiger partial charge is 0.395 e. The van der Waals surface area contributed by atoms with Crippen molar-refractivity contribution in [2.24, 2.45) is 4.99 Å². The number of halogens is 1. The Balaban J connectivity index is 1.49. The molecule has 0 saturated heterocycles. The molecule has 4 aromatic rings. The van der Waals surface area contributed by atoms with Gasteiger partial charge in [-0.25, -0.2) is 14.4 Å². The number of aliphatic hydroxyl groups excluding tert-OH is 1. The van der Waals surface area contributed by atoms with Crippen LogP contribution in [0.15, 0.2) is 60.0 Å².